The van der Waals surface area contributed by atoms with Gasteiger partial charge in [0.05, 0.1) is 0 Å². The van der Waals surface area contributed by atoms with Gasteiger partial charge < -0.3 is 4.90 Å². The van der Waals surface area contributed by atoms with Crippen molar-refractivity contribution >= 4 is 5.69 Å². The number of rotatable bonds is 8. The second-order valence-electron chi connectivity index (χ2n) is 5.54. The van der Waals surface area contributed by atoms with E-state index in [1.807, 2.05) is 0 Å². The fourth-order valence-corrected chi connectivity index (χ4v) is 2.40. The van der Waals surface area contributed by atoms with E-state index in [0.717, 1.165) is 5.92 Å². The largest absolute Gasteiger partial charge is 0.378 e. The van der Waals surface area contributed by atoms with Gasteiger partial charge in [-0.25, -0.2) is 0 Å². The molecule has 0 aliphatic carbocycles. The lowest BCUT2D eigenvalue weighted by Crippen LogP contribution is -2.09. The van der Waals surface area contributed by atoms with E-state index in [-0.39, 0.29) is 0 Å². The Hall–Kier alpha value is -0.980. The predicted molar refractivity (Wildman–Crippen MR) is 82.4 cm³/mol. The summed E-state index contributed by atoms with van der Waals surface area (Å²) in [6.07, 6.45) is 8.04. The molecule has 1 atom stereocenters. The zero-order valence-electron chi connectivity index (χ0n) is 12.6. The van der Waals surface area contributed by atoms with E-state index in [4.69, 9.17) is 0 Å². The zero-order valence-corrected chi connectivity index (χ0v) is 12.6. The summed E-state index contributed by atoms with van der Waals surface area (Å²) in [5.74, 6) is 0.863. The van der Waals surface area contributed by atoms with E-state index < -0.39 is 0 Å². The van der Waals surface area contributed by atoms with Gasteiger partial charge in [0.1, 0.15) is 0 Å². The van der Waals surface area contributed by atoms with Gasteiger partial charge >= 0.3 is 0 Å². The Morgan fingerprint density at radius 1 is 1.00 bits per heavy atom. The molecule has 1 aromatic rings. The smallest absolute Gasteiger partial charge is 0.0361 e. The molecule has 0 radical (unpaired) electrons. The number of hydrogen-bond donors (Lipinski definition) is 0. The first-order valence-corrected chi connectivity index (χ1v) is 7.43. The van der Waals surface area contributed by atoms with Crippen LogP contribution in [0.15, 0.2) is 24.3 Å². The average Bonchev–Trinajstić information content (AvgIpc) is 2.38. The number of anilines is 1. The maximum atomic E-state index is 2.32. The van der Waals surface area contributed by atoms with Crippen molar-refractivity contribution < 1.29 is 0 Å². The number of benzene rings is 1. The fraction of sp³-hybridized carbons (Fsp3) is 0.647. The summed E-state index contributed by atoms with van der Waals surface area (Å²) in [5, 5.41) is 0. The van der Waals surface area contributed by atoms with E-state index in [2.05, 4.69) is 57.1 Å². The van der Waals surface area contributed by atoms with Crippen LogP contribution in [-0.2, 0) is 6.42 Å². The second-order valence-corrected chi connectivity index (χ2v) is 5.54. The molecule has 0 saturated carbocycles. The summed E-state index contributed by atoms with van der Waals surface area (Å²) in [4.78, 5) is 2.16. The van der Waals surface area contributed by atoms with Gasteiger partial charge in [0, 0.05) is 19.8 Å². The van der Waals surface area contributed by atoms with E-state index in [0.29, 0.717) is 0 Å². The van der Waals surface area contributed by atoms with Gasteiger partial charge in [0.25, 0.3) is 0 Å². The molecule has 0 bridgehead atoms. The molecule has 1 nitrogen and oxygen atoms in total. The Labute approximate surface area is 113 Å². The minimum absolute atomic E-state index is 0.863. The highest BCUT2D eigenvalue weighted by Crippen LogP contribution is 2.20. The van der Waals surface area contributed by atoms with Crippen LogP contribution in [0.3, 0.4) is 0 Å². The molecule has 1 heteroatoms. The Kier molecular flexibility index (Phi) is 6.85. The number of unbranched alkanes of at least 4 members (excludes halogenated alkanes) is 2. The molecule has 0 aromatic heterocycles. The minimum Gasteiger partial charge on any atom is -0.378 e. The van der Waals surface area contributed by atoms with Crippen molar-refractivity contribution in [1.82, 2.24) is 0 Å². The Balaban J connectivity index is 2.48. The second kappa shape index (κ2) is 8.18. The normalized spacial score (nSPS) is 12.4. The lowest BCUT2D eigenvalue weighted by Gasteiger charge is -2.16. The molecular weight excluding hydrogens is 218 g/mol. The van der Waals surface area contributed by atoms with E-state index in [1.165, 1.54) is 49.8 Å². The van der Waals surface area contributed by atoms with E-state index in [1.54, 1.807) is 0 Å². The van der Waals surface area contributed by atoms with E-state index in [9.17, 15) is 0 Å². The third-order valence-corrected chi connectivity index (χ3v) is 3.77. The lowest BCUT2D eigenvalue weighted by atomic mass is 9.91. The van der Waals surface area contributed by atoms with Gasteiger partial charge in [0.2, 0.25) is 0 Å². The summed E-state index contributed by atoms with van der Waals surface area (Å²) < 4.78 is 0. The van der Waals surface area contributed by atoms with E-state index >= 15 is 0 Å². The van der Waals surface area contributed by atoms with Gasteiger partial charge in [-0.1, -0.05) is 58.1 Å². The van der Waals surface area contributed by atoms with Crippen LogP contribution in [0, 0.1) is 5.92 Å². The van der Waals surface area contributed by atoms with Crippen molar-refractivity contribution in [3.8, 4) is 0 Å². The third kappa shape index (κ3) is 5.12. The Morgan fingerprint density at radius 3 is 2.17 bits per heavy atom. The van der Waals surface area contributed by atoms with Crippen molar-refractivity contribution in [2.24, 2.45) is 5.92 Å². The fourth-order valence-electron chi connectivity index (χ4n) is 2.40. The van der Waals surface area contributed by atoms with Crippen molar-refractivity contribution in [1.29, 1.82) is 0 Å². The molecule has 102 valence electrons. The lowest BCUT2D eigenvalue weighted by molar-refractivity contribution is 0.442. The SMILES string of the molecule is CCCCCC(CC)Cc1ccc(N(C)C)cc1. The topological polar surface area (TPSA) is 3.24 Å². The number of hydrogen-bond acceptors (Lipinski definition) is 1. The van der Waals surface area contributed by atoms with Crippen LogP contribution in [0.25, 0.3) is 0 Å². The van der Waals surface area contributed by atoms with Crippen LogP contribution in [0.4, 0.5) is 5.69 Å². The van der Waals surface area contributed by atoms with Crippen molar-refractivity contribution in [2.45, 2.75) is 52.4 Å². The van der Waals surface area contributed by atoms with Crippen LogP contribution < -0.4 is 4.90 Å². The average molecular weight is 247 g/mol. The molecule has 0 fully saturated rings. The first-order chi connectivity index (χ1) is 8.67. The first kappa shape index (κ1) is 15.1. The van der Waals surface area contributed by atoms with Crippen LogP contribution in [-0.4, -0.2) is 14.1 Å². The van der Waals surface area contributed by atoms with Crippen LogP contribution >= 0.6 is 0 Å². The van der Waals surface area contributed by atoms with Gasteiger partial charge in [-0.15, -0.1) is 0 Å². The molecule has 0 aliphatic rings. The molecule has 18 heavy (non-hydrogen) atoms. The van der Waals surface area contributed by atoms with Gasteiger partial charge in [-0.2, -0.15) is 0 Å². The summed E-state index contributed by atoms with van der Waals surface area (Å²) in [6.45, 7) is 4.60. The summed E-state index contributed by atoms with van der Waals surface area (Å²) in [6, 6.07) is 9.04. The molecule has 1 unspecified atom stereocenters. The highest BCUT2D eigenvalue weighted by atomic mass is 15.1. The monoisotopic (exact) mass is 247 g/mol. The maximum absolute atomic E-state index is 2.32. The Morgan fingerprint density at radius 2 is 1.67 bits per heavy atom. The zero-order chi connectivity index (χ0) is 13.4. The van der Waals surface area contributed by atoms with Crippen molar-refractivity contribution in [2.75, 3.05) is 19.0 Å². The molecule has 0 saturated heterocycles. The molecule has 0 N–H and O–H groups in total. The molecular formula is C17H29N. The molecule has 0 spiro atoms. The highest BCUT2D eigenvalue weighted by Gasteiger charge is 2.07. The van der Waals surface area contributed by atoms with Gasteiger partial charge in [-0.05, 0) is 30.0 Å². The molecule has 0 aliphatic heterocycles. The number of nitrogens with zero attached hydrogens (tertiary/aromatic N) is 1. The van der Waals surface area contributed by atoms with Gasteiger partial charge in [-0.3, -0.25) is 0 Å². The molecule has 1 aromatic carbocycles. The molecule has 1 rings (SSSR count). The quantitative estimate of drug-likeness (QED) is 0.590. The van der Waals surface area contributed by atoms with Crippen LogP contribution in [0.2, 0.25) is 0 Å². The van der Waals surface area contributed by atoms with Gasteiger partial charge in [0.15, 0.2) is 0 Å². The third-order valence-electron chi connectivity index (χ3n) is 3.77. The summed E-state index contributed by atoms with van der Waals surface area (Å²) in [5.41, 5.74) is 2.78. The standard InChI is InChI=1S/C17H29N/c1-5-7-8-9-15(6-2)14-16-10-12-17(13-11-16)18(3)4/h10-13,15H,5-9,14H2,1-4H3. The summed E-state index contributed by atoms with van der Waals surface area (Å²) in [7, 11) is 4.18. The van der Waals surface area contributed by atoms with Crippen LogP contribution in [0.5, 0.6) is 0 Å². The minimum atomic E-state index is 0.863. The maximum Gasteiger partial charge on any atom is 0.0361 e. The first-order valence-electron chi connectivity index (χ1n) is 7.43. The van der Waals surface area contributed by atoms with Crippen molar-refractivity contribution in [3.05, 3.63) is 29.8 Å². The highest BCUT2D eigenvalue weighted by molar-refractivity contribution is 5.46. The van der Waals surface area contributed by atoms with Crippen molar-refractivity contribution in [3.63, 3.8) is 0 Å². The summed E-state index contributed by atoms with van der Waals surface area (Å²) >= 11 is 0. The Bertz CT molecular complexity index is 313. The predicted octanol–water partition coefficient (Wildman–Crippen LogP) is 4.90. The van der Waals surface area contributed by atoms with Crippen LogP contribution in [0.1, 0.15) is 51.5 Å². The molecule has 0 amide bonds. The molecule has 0 heterocycles.